The first-order valence-electron chi connectivity index (χ1n) is 13.5. The highest BCUT2D eigenvalue weighted by atomic mass is 16.5. The van der Waals surface area contributed by atoms with Crippen molar-refractivity contribution in [1.82, 2.24) is 4.90 Å². The molecule has 0 spiro atoms. The number of fused-ring (bicyclic) bond motifs is 1. The summed E-state index contributed by atoms with van der Waals surface area (Å²) in [5.41, 5.74) is 4.66. The van der Waals surface area contributed by atoms with Gasteiger partial charge < -0.3 is 23.8 Å². The third kappa shape index (κ3) is 5.54. The van der Waals surface area contributed by atoms with E-state index in [1.165, 1.54) is 22.3 Å². The molecule has 3 aromatic rings. The lowest BCUT2D eigenvalue weighted by molar-refractivity contribution is -0.104. The van der Waals surface area contributed by atoms with E-state index in [4.69, 9.17) is 18.9 Å². The Bertz CT molecular complexity index is 1100. The van der Waals surface area contributed by atoms with Gasteiger partial charge in [0.15, 0.2) is 11.5 Å². The smallest absolute Gasteiger partial charge is 0.161 e. The Hall–Kier alpha value is -2.86. The maximum atomic E-state index is 6.51. The number of ether oxygens (including phenoxy) is 4. The average Bonchev–Trinajstić information content (AvgIpc) is 2.96. The van der Waals surface area contributed by atoms with Crippen molar-refractivity contribution in [1.29, 1.82) is 0 Å². The minimum Gasteiger partial charge on any atom is -0.493 e. The number of likely N-dealkylation sites (tertiary alicyclic amines) is 1. The number of hydrogen-bond donors (Lipinski definition) is 0. The lowest BCUT2D eigenvalue weighted by atomic mass is 9.74. The molecule has 0 saturated carbocycles. The lowest BCUT2D eigenvalue weighted by Gasteiger charge is -2.45. The molecule has 2 aliphatic rings. The molecule has 5 nitrogen and oxygen atoms in total. The van der Waals surface area contributed by atoms with E-state index >= 15 is 0 Å². The molecule has 1 atom stereocenters. The summed E-state index contributed by atoms with van der Waals surface area (Å²) in [5, 5.41) is 0. The van der Waals surface area contributed by atoms with E-state index in [9.17, 15) is 0 Å². The van der Waals surface area contributed by atoms with E-state index < -0.39 is 0 Å². The fourth-order valence-corrected chi connectivity index (χ4v) is 6.03. The molecule has 1 saturated heterocycles. The van der Waals surface area contributed by atoms with Crippen molar-refractivity contribution >= 4 is 0 Å². The number of rotatable bonds is 9. The Morgan fingerprint density at radius 2 is 1.49 bits per heavy atom. The maximum Gasteiger partial charge on any atom is 0.161 e. The predicted octanol–water partition coefficient (Wildman–Crippen LogP) is 6.01. The summed E-state index contributed by atoms with van der Waals surface area (Å²) in [6, 6.07) is 25.3. The first kappa shape index (κ1) is 25.8. The predicted molar refractivity (Wildman–Crippen MR) is 146 cm³/mol. The molecule has 37 heavy (non-hydrogen) atoms. The van der Waals surface area contributed by atoms with E-state index in [2.05, 4.69) is 84.6 Å². The van der Waals surface area contributed by atoms with Crippen molar-refractivity contribution in [2.24, 2.45) is 5.92 Å². The van der Waals surface area contributed by atoms with Crippen LogP contribution in [0.4, 0.5) is 0 Å². The van der Waals surface area contributed by atoms with Gasteiger partial charge in [-0.1, -0.05) is 60.7 Å². The van der Waals surface area contributed by atoms with E-state index in [0.717, 1.165) is 57.0 Å². The zero-order valence-electron chi connectivity index (χ0n) is 22.3. The molecule has 3 aromatic carbocycles. The molecule has 0 radical (unpaired) electrons. The summed E-state index contributed by atoms with van der Waals surface area (Å²) < 4.78 is 24.2. The van der Waals surface area contributed by atoms with Crippen LogP contribution in [-0.4, -0.2) is 52.0 Å². The van der Waals surface area contributed by atoms with Crippen molar-refractivity contribution in [3.8, 4) is 11.5 Å². The van der Waals surface area contributed by atoms with Crippen LogP contribution < -0.4 is 9.47 Å². The maximum absolute atomic E-state index is 6.51. The van der Waals surface area contributed by atoms with Crippen LogP contribution in [0.25, 0.3) is 0 Å². The number of hydrogen-bond acceptors (Lipinski definition) is 5. The second-order valence-corrected chi connectivity index (χ2v) is 10.3. The molecular formula is C32H39NO4. The van der Waals surface area contributed by atoms with Crippen molar-refractivity contribution < 1.29 is 18.9 Å². The fraction of sp³-hybridized carbons (Fsp3) is 0.438. The summed E-state index contributed by atoms with van der Waals surface area (Å²) in [7, 11) is 3.40. The fourth-order valence-electron chi connectivity index (χ4n) is 6.03. The Labute approximate surface area is 221 Å². The molecule has 0 amide bonds. The van der Waals surface area contributed by atoms with Crippen LogP contribution in [0.5, 0.6) is 11.5 Å². The topological polar surface area (TPSA) is 40.2 Å². The van der Waals surface area contributed by atoms with E-state index in [0.29, 0.717) is 12.5 Å². The summed E-state index contributed by atoms with van der Waals surface area (Å²) in [4.78, 5) is 2.53. The quantitative estimate of drug-likeness (QED) is 0.359. The highest BCUT2D eigenvalue weighted by Crippen LogP contribution is 2.46. The van der Waals surface area contributed by atoms with Gasteiger partial charge in [-0.2, -0.15) is 0 Å². The number of piperidine rings is 1. The standard InChI is InChI=1S/C32H39NO4/c1-32(28-23-30(35-3)29(34-2)22-26(28)16-20-37-32)27-14-17-33(18-15-27)19-21-36-31(24-10-6-4-7-11-24)25-12-8-5-9-13-25/h4-13,22-23,27,31H,14-21H2,1-3H3. The molecule has 0 aromatic heterocycles. The number of nitrogens with zero attached hydrogens (tertiary/aromatic N) is 1. The van der Waals surface area contributed by atoms with Crippen molar-refractivity contribution in [2.45, 2.75) is 37.9 Å². The zero-order valence-corrected chi connectivity index (χ0v) is 22.3. The molecule has 0 bridgehead atoms. The first-order chi connectivity index (χ1) is 18.1. The molecular weight excluding hydrogens is 462 g/mol. The van der Waals surface area contributed by atoms with Crippen LogP contribution >= 0.6 is 0 Å². The molecule has 2 heterocycles. The SMILES string of the molecule is COc1cc2c(cc1OC)C(C)(C1CCN(CCOC(c3ccccc3)c3ccccc3)CC1)OCC2. The molecule has 5 heteroatoms. The Kier molecular flexibility index (Phi) is 8.14. The van der Waals surface area contributed by atoms with E-state index in [1.807, 2.05) is 0 Å². The first-order valence-corrected chi connectivity index (χ1v) is 13.5. The van der Waals surface area contributed by atoms with Gasteiger partial charge in [0, 0.05) is 6.54 Å². The van der Waals surface area contributed by atoms with E-state index in [-0.39, 0.29) is 11.7 Å². The normalized spacial score (nSPS) is 20.5. The van der Waals surface area contributed by atoms with Crippen LogP contribution in [0, 0.1) is 5.92 Å². The van der Waals surface area contributed by atoms with Crippen LogP contribution in [-0.2, 0) is 21.5 Å². The van der Waals surface area contributed by atoms with Crippen LogP contribution in [0.2, 0.25) is 0 Å². The monoisotopic (exact) mass is 501 g/mol. The van der Waals surface area contributed by atoms with Crippen molar-refractivity contribution in [3.05, 3.63) is 95.1 Å². The van der Waals surface area contributed by atoms with Crippen LogP contribution in [0.3, 0.4) is 0 Å². The minimum atomic E-state index is -0.304. The largest absolute Gasteiger partial charge is 0.493 e. The molecule has 0 N–H and O–H groups in total. The van der Waals surface area contributed by atoms with E-state index in [1.54, 1.807) is 14.2 Å². The highest BCUT2D eigenvalue weighted by molar-refractivity contribution is 5.50. The number of methoxy groups -OCH3 is 2. The molecule has 2 aliphatic heterocycles. The average molecular weight is 502 g/mol. The van der Waals surface area contributed by atoms with Gasteiger partial charge in [-0.15, -0.1) is 0 Å². The highest BCUT2D eigenvalue weighted by Gasteiger charge is 2.42. The molecule has 5 rings (SSSR count). The van der Waals surface area contributed by atoms with Gasteiger partial charge in [0.25, 0.3) is 0 Å². The van der Waals surface area contributed by atoms with Gasteiger partial charge in [-0.25, -0.2) is 0 Å². The van der Waals surface area contributed by atoms with Gasteiger partial charge in [-0.05, 0) is 79.6 Å². The molecule has 196 valence electrons. The van der Waals surface area contributed by atoms with Crippen molar-refractivity contribution in [2.75, 3.05) is 47.1 Å². The van der Waals surface area contributed by atoms with Gasteiger partial charge in [0.1, 0.15) is 6.10 Å². The summed E-state index contributed by atoms with van der Waals surface area (Å²) in [5.74, 6) is 2.03. The molecule has 1 unspecified atom stereocenters. The Balaban J connectivity index is 1.21. The van der Waals surface area contributed by atoms with Gasteiger partial charge in [0.05, 0.1) is 33.0 Å². The summed E-state index contributed by atoms with van der Waals surface area (Å²) in [6.45, 7) is 6.75. The summed E-state index contributed by atoms with van der Waals surface area (Å²) in [6.07, 6.45) is 3.07. The Morgan fingerprint density at radius 3 is 2.08 bits per heavy atom. The van der Waals surface area contributed by atoms with Crippen molar-refractivity contribution in [3.63, 3.8) is 0 Å². The Morgan fingerprint density at radius 1 is 0.892 bits per heavy atom. The third-order valence-electron chi connectivity index (χ3n) is 8.18. The van der Waals surface area contributed by atoms with Gasteiger partial charge in [0.2, 0.25) is 0 Å². The van der Waals surface area contributed by atoms with Crippen LogP contribution in [0.15, 0.2) is 72.8 Å². The molecule has 1 fully saturated rings. The summed E-state index contributed by atoms with van der Waals surface area (Å²) >= 11 is 0. The second kappa shape index (κ2) is 11.7. The van der Waals surface area contributed by atoms with Gasteiger partial charge >= 0.3 is 0 Å². The van der Waals surface area contributed by atoms with Crippen LogP contribution in [0.1, 0.15) is 48.1 Å². The zero-order chi connectivity index (χ0) is 25.7. The molecule has 0 aliphatic carbocycles. The second-order valence-electron chi connectivity index (χ2n) is 10.3. The number of benzene rings is 3. The lowest BCUT2D eigenvalue weighted by Crippen LogP contribution is -2.46. The van der Waals surface area contributed by atoms with Gasteiger partial charge in [-0.3, -0.25) is 0 Å². The minimum absolute atomic E-state index is 0.0436. The third-order valence-corrected chi connectivity index (χ3v) is 8.18.